The van der Waals surface area contributed by atoms with Gasteiger partial charge in [-0.25, -0.2) is 0 Å². The molecule has 1 unspecified atom stereocenters. The molecule has 4 heteroatoms. The molecule has 1 atom stereocenters. The van der Waals surface area contributed by atoms with Crippen molar-refractivity contribution in [3.63, 3.8) is 0 Å². The van der Waals surface area contributed by atoms with Crippen molar-refractivity contribution in [1.29, 1.82) is 0 Å². The number of carbonyl (C=O) groups excluding carboxylic acids is 2. The monoisotopic (exact) mass is 274 g/mol. The van der Waals surface area contributed by atoms with Crippen LogP contribution >= 0.6 is 16.5 Å². The van der Waals surface area contributed by atoms with Gasteiger partial charge in [0.2, 0.25) is 0 Å². The summed E-state index contributed by atoms with van der Waals surface area (Å²) in [7, 11) is 0.984. The van der Waals surface area contributed by atoms with Crippen LogP contribution in [-0.2, 0) is 0 Å². The van der Waals surface area contributed by atoms with E-state index >= 15 is 0 Å². The van der Waals surface area contributed by atoms with Gasteiger partial charge in [-0.3, -0.25) is 9.59 Å². The molecule has 0 saturated carbocycles. The van der Waals surface area contributed by atoms with E-state index in [2.05, 4.69) is 8.93 Å². The first kappa shape index (κ1) is 13.1. The van der Waals surface area contributed by atoms with Crippen LogP contribution in [0.4, 0.5) is 0 Å². The van der Waals surface area contributed by atoms with Gasteiger partial charge in [-0.05, 0) is 0 Å². The highest BCUT2D eigenvalue weighted by atomic mass is 32.0. The second kappa shape index (κ2) is 6.00. The van der Waals surface area contributed by atoms with Crippen LogP contribution in [0, 0.1) is 0 Å². The normalized spacial score (nSPS) is 10.3. The molecule has 0 amide bonds. The summed E-state index contributed by atoms with van der Waals surface area (Å²) in [5.74, 6) is 0. The summed E-state index contributed by atoms with van der Waals surface area (Å²) < 4.78 is 0. The second-order valence-corrected chi connectivity index (χ2v) is 6.81. The standard InChI is InChI=1S/C14H12O2P2/c15-13(11-7-3-1-4-8-11)18(17)14(16)12-9-5-2-6-10-12/h1-10H,17H2. The van der Waals surface area contributed by atoms with Gasteiger partial charge in [0, 0.05) is 11.1 Å². The van der Waals surface area contributed by atoms with E-state index < -0.39 is 7.61 Å². The molecule has 2 aromatic rings. The molecular formula is C14H12O2P2. The molecule has 0 aromatic heterocycles. The molecule has 0 N–H and O–H groups in total. The summed E-state index contributed by atoms with van der Waals surface area (Å²) in [5.41, 5.74) is 0.958. The summed E-state index contributed by atoms with van der Waals surface area (Å²) >= 11 is 0. The van der Waals surface area contributed by atoms with Gasteiger partial charge in [0.05, 0.1) is 7.61 Å². The lowest BCUT2D eigenvalue weighted by molar-refractivity contribution is 0.105. The van der Waals surface area contributed by atoms with Crippen molar-refractivity contribution in [3.8, 4) is 0 Å². The summed E-state index contributed by atoms with van der Waals surface area (Å²) in [5, 5.41) is 0. The number of rotatable bonds is 4. The maximum absolute atomic E-state index is 12.1. The number of hydrogen-bond donors (Lipinski definition) is 0. The molecule has 2 nitrogen and oxygen atoms in total. The molecule has 2 rings (SSSR count). The zero-order chi connectivity index (χ0) is 13.0. The minimum atomic E-state index is -1.42. The van der Waals surface area contributed by atoms with Gasteiger partial charge in [0.25, 0.3) is 0 Å². The maximum atomic E-state index is 12.1. The highest BCUT2D eigenvalue weighted by molar-refractivity contribution is 8.31. The van der Waals surface area contributed by atoms with Crippen LogP contribution in [0.5, 0.6) is 0 Å². The molecule has 90 valence electrons. The zero-order valence-electron chi connectivity index (χ0n) is 9.61. The van der Waals surface area contributed by atoms with Crippen molar-refractivity contribution in [2.24, 2.45) is 0 Å². The van der Waals surface area contributed by atoms with E-state index in [0.29, 0.717) is 11.1 Å². The molecule has 0 bridgehead atoms. The molecule has 2 aromatic carbocycles. The van der Waals surface area contributed by atoms with E-state index in [9.17, 15) is 9.59 Å². The fourth-order valence-corrected chi connectivity index (χ4v) is 3.47. The van der Waals surface area contributed by atoms with E-state index in [0.717, 1.165) is 0 Å². The lowest BCUT2D eigenvalue weighted by Crippen LogP contribution is -2.02. The molecule has 0 heterocycles. The molecule has 0 fully saturated rings. The molecule has 0 saturated heterocycles. The Morgan fingerprint density at radius 1 is 0.722 bits per heavy atom. The van der Waals surface area contributed by atoms with Crippen LogP contribution in [-0.4, -0.2) is 11.0 Å². The van der Waals surface area contributed by atoms with Crippen LogP contribution < -0.4 is 0 Å². The zero-order valence-corrected chi connectivity index (χ0v) is 11.7. The van der Waals surface area contributed by atoms with Gasteiger partial charge in [0.15, 0.2) is 11.0 Å². The Kier molecular flexibility index (Phi) is 4.36. The summed E-state index contributed by atoms with van der Waals surface area (Å²) in [6, 6.07) is 17.8. The first-order chi connectivity index (χ1) is 8.70. The van der Waals surface area contributed by atoms with Crippen molar-refractivity contribution in [3.05, 3.63) is 71.8 Å². The van der Waals surface area contributed by atoms with Crippen LogP contribution in [0.2, 0.25) is 0 Å². The summed E-state index contributed by atoms with van der Waals surface area (Å²) in [6.45, 7) is 0. The Bertz CT molecular complexity index is 501. The minimum absolute atomic E-state index is 0.107. The Labute approximate surface area is 109 Å². The van der Waals surface area contributed by atoms with Crippen LogP contribution in [0.1, 0.15) is 20.7 Å². The molecule has 0 aliphatic carbocycles. The average molecular weight is 274 g/mol. The van der Waals surface area contributed by atoms with Gasteiger partial charge in [-0.15, -0.1) is 0 Å². The fourth-order valence-electron chi connectivity index (χ4n) is 1.53. The largest absolute Gasteiger partial charge is 0.288 e. The number of hydrogen-bond acceptors (Lipinski definition) is 2. The lowest BCUT2D eigenvalue weighted by atomic mass is 10.2. The van der Waals surface area contributed by atoms with E-state index in [1.165, 1.54) is 0 Å². The SMILES string of the molecule is O=C(c1ccccc1)P(P)C(=O)c1ccccc1. The smallest absolute Gasteiger partial charge is 0.195 e. The summed E-state index contributed by atoms with van der Waals surface area (Å²) in [6.07, 6.45) is 0. The number of carbonyl (C=O) groups is 2. The molecule has 0 spiro atoms. The van der Waals surface area contributed by atoms with Crippen LogP contribution in [0.15, 0.2) is 60.7 Å². The fraction of sp³-hybridized carbons (Fsp3) is 0. The van der Waals surface area contributed by atoms with Crippen molar-refractivity contribution < 1.29 is 9.59 Å². The van der Waals surface area contributed by atoms with Gasteiger partial charge in [-0.1, -0.05) is 69.6 Å². The Morgan fingerprint density at radius 2 is 1.06 bits per heavy atom. The Morgan fingerprint density at radius 3 is 1.39 bits per heavy atom. The minimum Gasteiger partial charge on any atom is -0.288 e. The average Bonchev–Trinajstić information content (AvgIpc) is 2.47. The Balaban J connectivity index is 2.20. The van der Waals surface area contributed by atoms with E-state index in [4.69, 9.17) is 0 Å². The molecule has 0 aliphatic heterocycles. The second-order valence-electron chi connectivity index (χ2n) is 3.71. The highest BCUT2D eigenvalue weighted by Crippen LogP contribution is 2.50. The third-order valence-electron chi connectivity index (χ3n) is 2.48. The van der Waals surface area contributed by atoms with E-state index in [1.807, 2.05) is 12.1 Å². The maximum Gasteiger partial charge on any atom is 0.195 e. The lowest BCUT2D eigenvalue weighted by Gasteiger charge is -2.09. The topological polar surface area (TPSA) is 34.1 Å². The van der Waals surface area contributed by atoms with Crippen molar-refractivity contribution in [2.75, 3.05) is 0 Å². The van der Waals surface area contributed by atoms with Crippen molar-refractivity contribution in [2.45, 2.75) is 0 Å². The van der Waals surface area contributed by atoms with Gasteiger partial charge in [0.1, 0.15) is 0 Å². The first-order valence-corrected chi connectivity index (χ1v) is 8.40. The summed E-state index contributed by atoms with van der Waals surface area (Å²) in [4.78, 5) is 24.3. The first-order valence-electron chi connectivity index (χ1n) is 5.44. The van der Waals surface area contributed by atoms with Crippen LogP contribution in [0.3, 0.4) is 0 Å². The van der Waals surface area contributed by atoms with Gasteiger partial charge < -0.3 is 0 Å². The van der Waals surface area contributed by atoms with Crippen molar-refractivity contribution >= 4 is 27.6 Å². The Hall–Kier alpha value is -1.36. The quantitative estimate of drug-likeness (QED) is 0.791. The van der Waals surface area contributed by atoms with Crippen LogP contribution in [0.25, 0.3) is 0 Å². The van der Waals surface area contributed by atoms with E-state index in [1.54, 1.807) is 48.5 Å². The number of benzene rings is 2. The molecule has 18 heavy (non-hydrogen) atoms. The third-order valence-corrected chi connectivity index (χ3v) is 5.28. The predicted octanol–water partition coefficient (Wildman–Crippen LogP) is 3.94. The predicted molar refractivity (Wildman–Crippen MR) is 78.2 cm³/mol. The third kappa shape index (κ3) is 2.90. The van der Waals surface area contributed by atoms with Gasteiger partial charge in [-0.2, -0.15) is 0 Å². The van der Waals surface area contributed by atoms with Gasteiger partial charge >= 0.3 is 0 Å². The molecular weight excluding hydrogens is 262 g/mol. The van der Waals surface area contributed by atoms with Crippen molar-refractivity contribution in [1.82, 2.24) is 0 Å². The van der Waals surface area contributed by atoms with E-state index in [-0.39, 0.29) is 11.0 Å². The molecule has 0 radical (unpaired) electrons. The highest BCUT2D eigenvalue weighted by Gasteiger charge is 2.23. The molecule has 0 aliphatic rings.